The monoisotopic (exact) mass is 396 g/mol. The molecular formula is C16H19F3O6S. The lowest BCUT2D eigenvalue weighted by Gasteiger charge is -2.35. The Morgan fingerprint density at radius 2 is 1.85 bits per heavy atom. The Balaban J connectivity index is 2.21. The minimum atomic E-state index is -5.80. The first kappa shape index (κ1) is 20.7. The standard InChI is InChI=1S/C16H19F3O6S/c1-23-15(20)12-8-5-9-13(25-26(21,22)16(17,18)19)14(12)24-10-11-6-3-2-4-7-11/h2-4,6-7,12-14H,5,8-10H2,1H3/t12-,13+,14-/m0/s1. The fourth-order valence-corrected chi connectivity index (χ4v) is 3.48. The Kier molecular flexibility index (Phi) is 6.64. The second kappa shape index (κ2) is 8.36. The van der Waals surface area contributed by atoms with Crippen LogP contribution in [0.3, 0.4) is 0 Å². The summed E-state index contributed by atoms with van der Waals surface area (Å²) in [5, 5.41) is 0. The molecule has 1 fully saturated rings. The van der Waals surface area contributed by atoms with Gasteiger partial charge in [0.25, 0.3) is 0 Å². The molecule has 1 aromatic carbocycles. The first-order valence-electron chi connectivity index (χ1n) is 7.88. The number of halogens is 3. The molecule has 0 radical (unpaired) electrons. The summed E-state index contributed by atoms with van der Waals surface area (Å²) in [4.78, 5) is 12.0. The van der Waals surface area contributed by atoms with Crippen LogP contribution in [0.2, 0.25) is 0 Å². The van der Waals surface area contributed by atoms with Crippen molar-refractivity contribution in [3.63, 3.8) is 0 Å². The average Bonchev–Trinajstić information content (AvgIpc) is 2.59. The van der Waals surface area contributed by atoms with E-state index in [1.165, 1.54) is 0 Å². The van der Waals surface area contributed by atoms with E-state index in [9.17, 15) is 26.4 Å². The molecule has 0 spiro atoms. The summed E-state index contributed by atoms with van der Waals surface area (Å²) >= 11 is 0. The van der Waals surface area contributed by atoms with Gasteiger partial charge in [0.1, 0.15) is 6.10 Å². The number of esters is 1. The van der Waals surface area contributed by atoms with E-state index in [1.54, 1.807) is 30.3 Å². The number of hydrogen-bond acceptors (Lipinski definition) is 6. The molecule has 0 bridgehead atoms. The first-order chi connectivity index (χ1) is 12.2. The lowest BCUT2D eigenvalue weighted by atomic mass is 9.84. The van der Waals surface area contributed by atoms with Crippen LogP contribution >= 0.6 is 0 Å². The highest BCUT2D eigenvalue weighted by molar-refractivity contribution is 7.87. The van der Waals surface area contributed by atoms with E-state index >= 15 is 0 Å². The SMILES string of the molecule is COC(=O)[C@H]1CCC[C@@H](OS(=O)(=O)C(F)(F)F)[C@H]1OCc1ccccc1. The zero-order chi connectivity index (χ0) is 19.4. The summed E-state index contributed by atoms with van der Waals surface area (Å²) in [6.07, 6.45) is -1.97. The molecule has 0 amide bonds. The predicted molar refractivity (Wildman–Crippen MR) is 84.2 cm³/mol. The Bertz CT molecular complexity index is 704. The van der Waals surface area contributed by atoms with Crippen molar-refractivity contribution >= 4 is 16.1 Å². The van der Waals surface area contributed by atoms with Crippen LogP contribution < -0.4 is 0 Å². The lowest BCUT2D eigenvalue weighted by Crippen LogP contribution is -2.47. The highest BCUT2D eigenvalue weighted by Gasteiger charge is 2.51. The number of alkyl halides is 3. The summed E-state index contributed by atoms with van der Waals surface area (Å²) < 4.78 is 75.3. The minimum Gasteiger partial charge on any atom is -0.469 e. The first-order valence-corrected chi connectivity index (χ1v) is 9.29. The molecule has 26 heavy (non-hydrogen) atoms. The zero-order valence-corrected chi connectivity index (χ0v) is 14.8. The van der Waals surface area contributed by atoms with E-state index in [4.69, 9.17) is 4.74 Å². The van der Waals surface area contributed by atoms with E-state index in [-0.39, 0.29) is 13.0 Å². The number of carbonyl (C=O) groups excluding carboxylic acids is 1. The molecule has 0 heterocycles. The van der Waals surface area contributed by atoms with Crippen molar-refractivity contribution in [3.05, 3.63) is 35.9 Å². The average molecular weight is 396 g/mol. The van der Waals surface area contributed by atoms with Crippen molar-refractivity contribution in [2.75, 3.05) is 7.11 Å². The second-order valence-electron chi connectivity index (χ2n) is 5.86. The van der Waals surface area contributed by atoms with Crippen LogP contribution in [0.4, 0.5) is 13.2 Å². The van der Waals surface area contributed by atoms with E-state index in [1.807, 2.05) is 0 Å². The van der Waals surface area contributed by atoms with Crippen LogP contribution in [-0.4, -0.2) is 39.2 Å². The third-order valence-electron chi connectivity index (χ3n) is 4.09. The summed E-state index contributed by atoms with van der Waals surface area (Å²) in [6.45, 7) is -0.00900. The topological polar surface area (TPSA) is 78.9 Å². The molecule has 146 valence electrons. The number of hydrogen-bond donors (Lipinski definition) is 0. The minimum absolute atomic E-state index is 0.00900. The molecule has 1 aromatic rings. The van der Waals surface area contributed by atoms with Crippen molar-refractivity contribution in [1.82, 2.24) is 0 Å². The van der Waals surface area contributed by atoms with Crippen LogP contribution in [0.25, 0.3) is 0 Å². The van der Waals surface area contributed by atoms with E-state index in [0.29, 0.717) is 12.8 Å². The molecular weight excluding hydrogens is 377 g/mol. The van der Waals surface area contributed by atoms with Crippen molar-refractivity contribution in [3.8, 4) is 0 Å². The molecule has 0 aliphatic heterocycles. The third-order valence-corrected chi connectivity index (χ3v) is 5.16. The number of benzene rings is 1. The highest BCUT2D eigenvalue weighted by Crippen LogP contribution is 2.35. The van der Waals surface area contributed by atoms with Gasteiger partial charge in [-0.2, -0.15) is 21.6 Å². The maximum absolute atomic E-state index is 12.6. The van der Waals surface area contributed by atoms with Crippen molar-refractivity contribution < 1.29 is 40.0 Å². The van der Waals surface area contributed by atoms with E-state index < -0.39 is 39.7 Å². The number of methoxy groups -OCH3 is 1. The van der Waals surface area contributed by atoms with Gasteiger partial charge in [0.15, 0.2) is 0 Å². The number of ether oxygens (including phenoxy) is 2. The van der Waals surface area contributed by atoms with Gasteiger partial charge in [-0.1, -0.05) is 30.3 Å². The molecule has 1 saturated carbocycles. The molecule has 6 nitrogen and oxygen atoms in total. The van der Waals surface area contributed by atoms with Crippen LogP contribution in [0, 0.1) is 5.92 Å². The summed E-state index contributed by atoms with van der Waals surface area (Å²) in [5.74, 6) is -1.59. The summed E-state index contributed by atoms with van der Waals surface area (Å²) in [7, 11) is -4.65. The van der Waals surface area contributed by atoms with E-state index in [0.717, 1.165) is 12.7 Å². The molecule has 0 saturated heterocycles. The van der Waals surface area contributed by atoms with Crippen molar-refractivity contribution in [2.24, 2.45) is 5.92 Å². The molecule has 3 atom stereocenters. The molecule has 1 aliphatic carbocycles. The molecule has 0 N–H and O–H groups in total. The smallest absolute Gasteiger partial charge is 0.469 e. The quantitative estimate of drug-likeness (QED) is 0.418. The maximum atomic E-state index is 12.6. The number of rotatable bonds is 6. The van der Waals surface area contributed by atoms with Gasteiger partial charge >= 0.3 is 21.6 Å². The molecule has 0 unspecified atom stereocenters. The predicted octanol–water partition coefficient (Wildman–Crippen LogP) is 2.78. The summed E-state index contributed by atoms with van der Waals surface area (Å²) in [6, 6.07) is 8.75. The Morgan fingerprint density at radius 1 is 1.19 bits per heavy atom. The lowest BCUT2D eigenvalue weighted by molar-refractivity contribution is -0.161. The zero-order valence-electron chi connectivity index (χ0n) is 13.9. The maximum Gasteiger partial charge on any atom is 0.523 e. The Hall–Kier alpha value is -1.65. The van der Waals surface area contributed by atoms with Gasteiger partial charge in [0.2, 0.25) is 0 Å². The van der Waals surface area contributed by atoms with Gasteiger partial charge in [0.05, 0.1) is 25.7 Å². The van der Waals surface area contributed by atoms with Gasteiger partial charge in [-0.05, 0) is 24.8 Å². The van der Waals surface area contributed by atoms with Crippen LogP contribution in [0.15, 0.2) is 30.3 Å². The number of carbonyl (C=O) groups is 1. The van der Waals surface area contributed by atoms with Gasteiger partial charge in [-0.25, -0.2) is 0 Å². The molecule has 1 aliphatic rings. The molecule has 10 heteroatoms. The van der Waals surface area contributed by atoms with E-state index in [2.05, 4.69) is 8.92 Å². The van der Waals surface area contributed by atoms with Crippen molar-refractivity contribution in [1.29, 1.82) is 0 Å². The van der Waals surface area contributed by atoms with Gasteiger partial charge < -0.3 is 9.47 Å². The third kappa shape index (κ3) is 4.95. The fourth-order valence-electron chi connectivity index (χ4n) is 2.84. The Labute approximate surface area is 149 Å². The second-order valence-corrected chi connectivity index (χ2v) is 7.42. The van der Waals surface area contributed by atoms with Crippen LogP contribution in [0.1, 0.15) is 24.8 Å². The Morgan fingerprint density at radius 3 is 2.42 bits per heavy atom. The van der Waals surface area contributed by atoms with Crippen molar-refractivity contribution in [2.45, 2.75) is 43.6 Å². The van der Waals surface area contributed by atoms with Gasteiger partial charge in [-0.15, -0.1) is 0 Å². The van der Waals surface area contributed by atoms with Gasteiger partial charge in [-0.3, -0.25) is 8.98 Å². The largest absolute Gasteiger partial charge is 0.523 e. The highest BCUT2D eigenvalue weighted by atomic mass is 32.2. The fraction of sp³-hybridized carbons (Fsp3) is 0.562. The van der Waals surface area contributed by atoms with Crippen LogP contribution in [0.5, 0.6) is 0 Å². The van der Waals surface area contributed by atoms with Crippen LogP contribution in [-0.2, 0) is 35.2 Å². The molecule has 2 rings (SSSR count). The van der Waals surface area contributed by atoms with Gasteiger partial charge in [0, 0.05) is 0 Å². The summed E-state index contributed by atoms with van der Waals surface area (Å²) in [5.41, 5.74) is -4.83. The molecule has 0 aromatic heterocycles. The normalized spacial score (nSPS) is 24.2.